The lowest BCUT2D eigenvalue weighted by Crippen LogP contribution is -2.22. The highest BCUT2D eigenvalue weighted by atomic mass is 15.0. The van der Waals surface area contributed by atoms with Gasteiger partial charge in [0.1, 0.15) is 0 Å². The Morgan fingerprint density at radius 2 is 2.00 bits per heavy atom. The molecule has 0 bridgehead atoms. The van der Waals surface area contributed by atoms with Gasteiger partial charge in [0, 0.05) is 0 Å². The largest absolute Gasteiger partial charge is 0.317 e. The molecule has 0 saturated heterocycles. The van der Waals surface area contributed by atoms with Crippen LogP contribution in [0.3, 0.4) is 0 Å². The van der Waals surface area contributed by atoms with Gasteiger partial charge in [-0.05, 0) is 52.5 Å². The van der Waals surface area contributed by atoms with Crippen LogP contribution in [0.2, 0.25) is 0 Å². The van der Waals surface area contributed by atoms with Crippen LogP contribution in [0.25, 0.3) is 0 Å². The zero-order valence-corrected chi connectivity index (χ0v) is 8.47. The summed E-state index contributed by atoms with van der Waals surface area (Å²) >= 11 is 0. The monoisotopic (exact) mass is 170 g/mol. The molecule has 1 aliphatic rings. The SMILES string of the molecule is CN(C)CCCNCCC1CC1. The molecule has 0 aromatic heterocycles. The minimum absolute atomic E-state index is 1.08. The van der Waals surface area contributed by atoms with Crippen LogP contribution in [0.1, 0.15) is 25.7 Å². The van der Waals surface area contributed by atoms with Crippen LogP contribution < -0.4 is 5.32 Å². The maximum atomic E-state index is 3.49. The maximum Gasteiger partial charge on any atom is -0.00127 e. The number of nitrogens with zero attached hydrogens (tertiary/aromatic N) is 1. The third kappa shape index (κ3) is 5.56. The second kappa shape index (κ2) is 5.55. The van der Waals surface area contributed by atoms with E-state index in [9.17, 15) is 0 Å². The summed E-state index contributed by atoms with van der Waals surface area (Å²) in [5.74, 6) is 1.08. The van der Waals surface area contributed by atoms with Gasteiger partial charge in [-0.2, -0.15) is 0 Å². The fourth-order valence-corrected chi connectivity index (χ4v) is 1.36. The summed E-state index contributed by atoms with van der Waals surface area (Å²) in [4.78, 5) is 2.24. The molecule has 0 radical (unpaired) electrons. The smallest absolute Gasteiger partial charge is 0.00127 e. The summed E-state index contributed by atoms with van der Waals surface area (Å²) in [6, 6.07) is 0. The van der Waals surface area contributed by atoms with Crippen molar-refractivity contribution in [2.45, 2.75) is 25.7 Å². The normalized spacial score (nSPS) is 17.2. The van der Waals surface area contributed by atoms with E-state index in [1.54, 1.807) is 0 Å². The summed E-state index contributed by atoms with van der Waals surface area (Å²) < 4.78 is 0. The van der Waals surface area contributed by atoms with E-state index >= 15 is 0 Å². The van der Waals surface area contributed by atoms with Gasteiger partial charge in [-0.3, -0.25) is 0 Å². The Balaban J connectivity index is 1.70. The van der Waals surface area contributed by atoms with E-state index in [1.165, 1.54) is 45.3 Å². The van der Waals surface area contributed by atoms with Crippen molar-refractivity contribution >= 4 is 0 Å². The van der Waals surface area contributed by atoms with Crippen LogP contribution in [-0.4, -0.2) is 38.6 Å². The summed E-state index contributed by atoms with van der Waals surface area (Å²) in [5.41, 5.74) is 0. The molecule has 0 aliphatic heterocycles. The van der Waals surface area contributed by atoms with Crippen LogP contribution in [0.5, 0.6) is 0 Å². The van der Waals surface area contributed by atoms with E-state index in [4.69, 9.17) is 0 Å². The molecule has 0 aromatic rings. The Hall–Kier alpha value is -0.0800. The lowest BCUT2D eigenvalue weighted by Gasteiger charge is -2.09. The first kappa shape index (κ1) is 10.0. The van der Waals surface area contributed by atoms with E-state index in [0.717, 1.165) is 5.92 Å². The molecule has 1 fully saturated rings. The summed E-state index contributed by atoms with van der Waals surface area (Å²) in [6.45, 7) is 3.62. The zero-order chi connectivity index (χ0) is 8.81. The van der Waals surface area contributed by atoms with Gasteiger partial charge in [0.05, 0.1) is 0 Å². The van der Waals surface area contributed by atoms with Gasteiger partial charge >= 0.3 is 0 Å². The average Bonchev–Trinajstić information content (AvgIpc) is 2.79. The highest BCUT2D eigenvalue weighted by molar-refractivity contribution is 4.73. The molecule has 0 unspecified atom stereocenters. The number of nitrogens with one attached hydrogen (secondary N) is 1. The molecule has 2 nitrogen and oxygen atoms in total. The number of hydrogen-bond donors (Lipinski definition) is 1. The van der Waals surface area contributed by atoms with Gasteiger partial charge in [0.25, 0.3) is 0 Å². The predicted octanol–water partition coefficient (Wildman–Crippen LogP) is 1.33. The van der Waals surface area contributed by atoms with Crippen LogP contribution in [0, 0.1) is 5.92 Å². The minimum atomic E-state index is 1.08. The van der Waals surface area contributed by atoms with Gasteiger partial charge in [0.2, 0.25) is 0 Å². The van der Waals surface area contributed by atoms with Gasteiger partial charge in [-0.15, -0.1) is 0 Å². The lowest BCUT2D eigenvalue weighted by atomic mass is 10.3. The molecule has 72 valence electrons. The van der Waals surface area contributed by atoms with Gasteiger partial charge in [-0.1, -0.05) is 12.8 Å². The van der Waals surface area contributed by atoms with Crippen molar-refractivity contribution in [1.82, 2.24) is 10.2 Å². The van der Waals surface area contributed by atoms with Crippen LogP contribution in [0.15, 0.2) is 0 Å². The van der Waals surface area contributed by atoms with E-state index in [2.05, 4.69) is 24.3 Å². The van der Waals surface area contributed by atoms with Crippen LogP contribution in [0.4, 0.5) is 0 Å². The fraction of sp³-hybridized carbons (Fsp3) is 1.00. The average molecular weight is 170 g/mol. The van der Waals surface area contributed by atoms with Crippen molar-refractivity contribution in [3.63, 3.8) is 0 Å². The summed E-state index contributed by atoms with van der Waals surface area (Å²) in [5, 5.41) is 3.49. The molecule has 0 heterocycles. The number of hydrogen-bond acceptors (Lipinski definition) is 2. The first-order chi connectivity index (χ1) is 5.79. The van der Waals surface area contributed by atoms with Crippen molar-refractivity contribution in [3.05, 3.63) is 0 Å². The van der Waals surface area contributed by atoms with Gasteiger partial charge < -0.3 is 10.2 Å². The highest BCUT2D eigenvalue weighted by Gasteiger charge is 2.19. The van der Waals surface area contributed by atoms with E-state index in [1.807, 2.05) is 0 Å². The Morgan fingerprint density at radius 3 is 2.58 bits per heavy atom. The maximum absolute atomic E-state index is 3.49. The third-order valence-corrected chi connectivity index (χ3v) is 2.39. The first-order valence-corrected chi connectivity index (χ1v) is 5.14. The molecule has 0 spiro atoms. The van der Waals surface area contributed by atoms with Gasteiger partial charge in [-0.25, -0.2) is 0 Å². The lowest BCUT2D eigenvalue weighted by molar-refractivity contribution is 0.393. The topological polar surface area (TPSA) is 15.3 Å². The molecule has 12 heavy (non-hydrogen) atoms. The fourth-order valence-electron chi connectivity index (χ4n) is 1.36. The molecule has 1 N–H and O–H groups in total. The van der Waals surface area contributed by atoms with Gasteiger partial charge in [0.15, 0.2) is 0 Å². The summed E-state index contributed by atoms with van der Waals surface area (Å²) in [6.07, 6.45) is 5.65. The molecular weight excluding hydrogens is 148 g/mol. The molecule has 2 heteroatoms. The Morgan fingerprint density at radius 1 is 1.25 bits per heavy atom. The van der Waals surface area contributed by atoms with E-state index in [0.29, 0.717) is 0 Å². The third-order valence-electron chi connectivity index (χ3n) is 2.39. The van der Waals surface area contributed by atoms with E-state index in [-0.39, 0.29) is 0 Å². The molecule has 1 saturated carbocycles. The van der Waals surface area contributed by atoms with Crippen molar-refractivity contribution in [1.29, 1.82) is 0 Å². The Bertz CT molecular complexity index is 102. The zero-order valence-electron chi connectivity index (χ0n) is 8.47. The highest BCUT2D eigenvalue weighted by Crippen LogP contribution is 2.31. The second-order valence-electron chi connectivity index (χ2n) is 4.14. The van der Waals surface area contributed by atoms with Crippen molar-refractivity contribution < 1.29 is 0 Å². The molecule has 0 atom stereocenters. The van der Waals surface area contributed by atoms with Crippen LogP contribution in [-0.2, 0) is 0 Å². The second-order valence-corrected chi connectivity index (χ2v) is 4.14. The standard InChI is InChI=1S/C10H22N2/c1-12(2)9-3-7-11-8-6-10-4-5-10/h10-11H,3-9H2,1-2H3. The molecular formula is C10H22N2. The summed E-state index contributed by atoms with van der Waals surface area (Å²) in [7, 11) is 4.26. The van der Waals surface area contributed by atoms with Crippen LogP contribution >= 0.6 is 0 Å². The Labute approximate surface area is 76.3 Å². The molecule has 1 rings (SSSR count). The van der Waals surface area contributed by atoms with Crippen molar-refractivity contribution in [3.8, 4) is 0 Å². The molecule has 0 amide bonds. The van der Waals surface area contributed by atoms with Crippen molar-refractivity contribution in [2.75, 3.05) is 33.7 Å². The Kier molecular flexibility index (Phi) is 4.62. The minimum Gasteiger partial charge on any atom is -0.317 e. The van der Waals surface area contributed by atoms with Crippen molar-refractivity contribution in [2.24, 2.45) is 5.92 Å². The first-order valence-electron chi connectivity index (χ1n) is 5.14. The predicted molar refractivity (Wildman–Crippen MR) is 53.4 cm³/mol. The quantitative estimate of drug-likeness (QED) is 0.580. The van der Waals surface area contributed by atoms with E-state index < -0.39 is 0 Å². The molecule has 1 aliphatic carbocycles. The number of rotatable bonds is 7. The molecule has 0 aromatic carbocycles.